The van der Waals surface area contributed by atoms with Gasteiger partial charge in [0.15, 0.2) is 0 Å². The van der Waals surface area contributed by atoms with E-state index in [4.69, 9.17) is 4.74 Å². The van der Waals surface area contributed by atoms with Gasteiger partial charge >= 0.3 is 0 Å². The van der Waals surface area contributed by atoms with Crippen LogP contribution in [0.15, 0.2) is 18.2 Å². The molecule has 0 saturated heterocycles. The maximum absolute atomic E-state index is 9.26. The highest BCUT2D eigenvalue weighted by atomic mass is 16.5. The predicted octanol–water partition coefficient (Wildman–Crippen LogP) is 8.33. The normalized spacial score (nSPS) is 14.7. The molecule has 0 amide bonds. The average Bonchev–Trinajstić information content (AvgIpc) is 2.68. The summed E-state index contributed by atoms with van der Waals surface area (Å²) in [5.41, 5.74) is 2.08. The van der Waals surface area contributed by atoms with Crippen molar-refractivity contribution in [2.45, 2.75) is 112 Å². The summed E-state index contributed by atoms with van der Waals surface area (Å²) >= 11 is 0. The van der Waals surface area contributed by atoms with Gasteiger partial charge in [-0.2, -0.15) is 0 Å². The zero-order valence-electron chi connectivity index (χ0n) is 20.9. The van der Waals surface area contributed by atoms with E-state index in [-0.39, 0.29) is 6.61 Å². The van der Waals surface area contributed by atoms with E-state index < -0.39 is 0 Å². The summed E-state index contributed by atoms with van der Waals surface area (Å²) in [6, 6.07) is 5.96. The molecule has 0 aliphatic heterocycles. The molecule has 1 aromatic carbocycles. The highest BCUT2D eigenvalue weighted by molar-refractivity contribution is 5.34. The zero-order valence-corrected chi connectivity index (χ0v) is 20.9. The van der Waals surface area contributed by atoms with E-state index in [2.05, 4.69) is 34.6 Å². The zero-order chi connectivity index (χ0) is 22.4. The Hall–Kier alpha value is -1.02. The number of rotatable bonds is 17. The van der Waals surface area contributed by atoms with Crippen molar-refractivity contribution in [3.63, 3.8) is 0 Å². The number of hydrogen-bond acceptors (Lipinski definition) is 2. The van der Waals surface area contributed by atoms with Crippen LogP contribution < -0.4 is 4.74 Å². The van der Waals surface area contributed by atoms with Crippen LogP contribution >= 0.6 is 0 Å². The topological polar surface area (TPSA) is 29.5 Å². The molecule has 0 spiro atoms. The first-order valence-corrected chi connectivity index (χ1v) is 12.6. The van der Waals surface area contributed by atoms with Crippen molar-refractivity contribution in [3.8, 4) is 5.75 Å². The van der Waals surface area contributed by atoms with Crippen LogP contribution in [0.5, 0.6) is 5.75 Å². The van der Waals surface area contributed by atoms with E-state index >= 15 is 0 Å². The number of benzene rings is 1. The van der Waals surface area contributed by atoms with Crippen LogP contribution in [0.1, 0.15) is 110 Å². The van der Waals surface area contributed by atoms with Crippen molar-refractivity contribution < 1.29 is 9.84 Å². The van der Waals surface area contributed by atoms with Crippen LogP contribution in [0, 0.1) is 30.6 Å². The Morgan fingerprint density at radius 2 is 1.23 bits per heavy atom. The fourth-order valence-corrected chi connectivity index (χ4v) is 4.25. The molecule has 3 atom stereocenters. The number of aliphatic hydroxyl groups excluding tert-OH is 1. The summed E-state index contributed by atoms with van der Waals surface area (Å²) in [4.78, 5) is 0. The minimum atomic E-state index is 0.0961. The first kappa shape index (κ1) is 27.0. The Labute approximate surface area is 187 Å². The lowest BCUT2D eigenvalue weighted by Crippen LogP contribution is -2.06. The fraction of sp³-hybridized carbons (Fsp3) is 0.786. The van der Waals surface area contributed by atoms with E-state index in [1.165, 1.54) is 57.8 Å². The summed E-state index contributed by atoms with van der Waals surface area (Å²) in [6.45, 7) is 14.8. The molecule has 1 aromatic rings. The summed E-state index contributed by atoms with van der Waals surface area (Å²) < 4.78 is 5.92. The third kappa shape index (κ3) is 12.6. The standard InChI is InChI=1S/C28H50O2/c1-22(2)10-7-11-23(3)12-8-13-24(4)14-9-15-25(5)18-19-30-28-17-16-27(21-29)26(6)20-28/h16-17,20,22-25,29H,7-15,18-19,21H2,1-6H3/t23-,24-,25?/m1/s1. The molecule has 1 rings (SSSR count). The summed E-state index contributed by atoms with van der Waals surface area (Å²) in [5.74, 6) is 4.26. The molecular formula is C28H50O2. The van der Waals surface area contributed by atoms with E-state index in [9.17, 15) is 5.11 Å². The monoisotopic (exact) mass is 418 g/mol. The van der Waals surface area contributed by atoms with Gasteiger partial charge in [-0.05, 0) is 60.3 Å². The number of ether oxygens (including phenoxy) is 1. The second-order valence-corrected chi connectivity index (χ2v) is 10.4. The molecule has 0 fully saturated rings. The second kappa shape index (κ2) is 15.7. The molecule has 2 nitrogen and oxygen atoms in total. The summed E-state index contributed by atoms with van der Waals surface area (Å²) in [7, 11) is 0. The lowest BCUT2D eigenvalue weighted by Gasteiger charge is -2.16. The smallest absolute Gasteiger partial charge is 0.119 e. The van der Waals surface area contributed by atoms with Gasteiger partial charge in [0.2, 0.25) is 0 Å². The van der Waals surface area contributed by atoms with Gasteiger partial charge in [-0.25, -0.2) is 0 Å². The number of aryl methyl sites for hydroxylation is 1. The molecule has 0 radical (unpaired) electrons. The quantitative estimate of drug-likeness (QED) is 0.275. The van der Waals surface area contributed by atoms with E-state index in [1.807, 2.05) is 25.1 Å². The van der Waals surface area contributed by atoms with Gasteiger partial charge in [0.25, 0.3) is 0 Å². The lowest BCUT2D eigenvalue weighted by atomic mass is 9.91. The van der Waals surface area contributed by atoms with E-state index in [0.717, 1.165) is 53.6 Å². The van der Waals surface area contributed by atoms with Crippen molar-refractivity contribution in [2.75, 3.05) is 6.61 Å². The minimum absolute atomic E-state index is 0.0961. The molecule has 1 unspecified atom stereocenters. The Morgan fingerprint density at radius 3 is 1.70 bits per heavy atom. The Balaban J connectivity index is 2.06. The van der Waals surface area contributed by atoms with Crippen LogP contribution in [0.3, 0.4) is 0 Å². The largest absolute Gasteiger partial charge is 0.494 e. The predicted molar refractivity (Wildman–Crippen MR) is 131 cm³/mol. The minimum Gasteiger partial charge on any atom is -0.494 e. The number of hydrogen-bond donors (Lipinski definition) is 1. The first-order valence-electron chi connectivity index (χ1n) is 12.6. The molecule has 0 aromatic heterocycles. The van der Waals surface area contributed by atoms with Gasteiger partial charge in [-0.15, -0.1) is 0 Å². The third-order valence-electron chi connectivity index (χ3n) is 6.63. The Bertz CT molecular complexity index is 552. The van der Waals surface area contributed by atoms with Crippen LogP contribution in [0.4, 0.5) is 0 Å². The highest BCUT2D eigenvalue weighted by Gasteiger charge is 2.09. The maximum atomic E-state index is 9.26. The van der Waals surface area contributed by atoms with E-state index in [0.29, 0.717) is 0 Å². The van der Waals surface area contributed by atoms with Gasteiger partial charge in [0, 0.05) is 0 Å². The summed E-state index contributed by atoms with van der Waals surface area (Å²) in [6.07, 6.45) is 13.6. The van der Waals surface area contributed by atoms with E-state index in [1.54, 1.807) is 0 Å². The van der Waals surface area contributed by atoms with Crippen LogP contribution in [0.25, 0.3) is 0 Å². The lowest BCUT2D eigenvalue weighted by molar-refractivity contribution is 0.272. The average molecular weight is 419 g/mol. The molecule has 0 heterocycles. The second-order valence-electron chi connectivity index (χ2n) is 10.4. The van der Waals surface area contributed by atoms with Crippen molar-refractivity contribution in [2.24, 2.45) is 23.7 Å². The van der Waals surface area contributed by atoms with Crippen molar-refractivity contribution in [1.82, 2.24) is 0 Å². The molecule has 1 N–H and O–H groups in total. The third-order valence-corrected chi connectivity index (χ3v) is 6.63. The first-order chi connectivity index (χ1) is 14.3. The molecule has 30 heavy (non-hydrogen) atoms. The molecule has 0 aliphatic carbocycles. The van der Waals surface area contributed by atoms with Crippen molar-refractivity contribution in [3.05, 3.63) is 29.3 Å². The van der Waals surface area contributed by atoms with Crippen molar-refractivity contribution in [1.29, 1.82) is 0 Å². The molecule has 0 saturated carbocycles. The fourth-order valence-electron chi connectivity index (χ4n) is 4.25. The SMILES string of the molecule is Cc1cc(OCCC(C)CCC[C@H](C)CCC[C@H](C)CCCC(C)C)ccc1CO. The number of aliphatic hydroxyl groups is 1. The van der Waals surface area contributed by atoms with Gasteiger partial charge in [0.1, 0.15) is 5.75 Å². The van der Waals surface area contributed by atoms with Crippen LogP contribution in [0.2, 0.25) is 0 Å². The van der Waals surface area contributed by atoms with Gasteiger partial charge in [0.05, 0.1) is 13.2 Å². The molecular weight excluding hydrogens is 368 g/mol. The van der Waals surface area contributed by atoms with Crippen molar-refractivity contribution >= 4 is 0 Å². The molecule has 0 bridgehead atoms. The van der Waals surface area contributed by atoms with Crippen LogP contribution in [-0.2, 0) is 6.61 Å². The Morgan fingerprint density at radius 1 is 0.733 bits per heavy atom. The molecule has 2 heteroatoms. The highest BCUT2D eigenvalue weighted by Crippen LogP contribution is 2.23. The van der Waals surface area contributed by atoms with Gasteiger partial charge in [-0.3, -0.25) is 0 Å². The Kier molecular flexibility index (Phi) is 14.2. The molecule has 0 aliphatic rings. The summed E-state index contributed by atoms with van der Waals surface area (Å²) in [5, 5.41) is 9.26. The van der Waals surface area contributed by atoms with Gasteiger partial charge < -0.3 is 9.84 Å². The maximum Gasteiger partial charge on any atom is 0.119 e. The molecule has 174 valence electrons. The van der Waals surface area contributed by atoms with Crippen LogP contribution in [-0.4, -0.2) is 11.7 Å². The van der Waals surface area contributed by atoms with Gasteiger partial charge in [-0.1, -0.05) is 98.5 Å².